The normalized spacial score (nSPS) is 12.2. The first kappa shape index (κ1) is 9.71. The summed E-state index contributed by atoms with van der Waals surface area (Å²) in [7, 11) is 1.17. The smallest absolute Gasteiger partial charge is 0.345 e. The van der Waals surface area contributed by atoms with Crippen molar-refractivity contribution in [3.8, 4) is 0 Å². The first-order chi connectivity index (χ1) is 6.15. The van der Waals surface area contributed by atoms with Gasteiger partial charge in [0.25, 0.3) is 0 Å². The maximum absolute atomic E-state index is 13.2. The number of halogens is 1. The molecule has 0 fully saturated rings. The van der Waals surface area contributed by atoms with Gasteiger partial charge >= 0.3 is 5.97 Å². The van der Waals surface area contributed by atoms with Crippen molar-refractivity contribution in [1.82, 2.24) is 0 Å². The van der Waals surface area contributed by atoms with E-state index in [9.17, 15) is 9.18 Å². The molecule has 0 spiro atoms. The third kappa shape index (κ3) is 2.28. The number of alkyl halides is 1. The molecule has 0 N–H and O–H groups in total. The molecule has 0 bridgehead atoms. The Kier molecular flexibility index (Phi) is 3.01. The average molecular weight is 182 g/mol. The Labute approximate surface area is 76.3 Å². The topological polar surface area (TPSA) is 26.3 Å². The number of hydrogen-bond donors (Lipinski definition) is 0. The largest absolute Gasteiger partial charge is 0.467 e. The summed E-state index contributed by atoms with van der Waals surface area (Å²) in [5.74, 6) is -0.858. The average Bonchev–Trinajstić information content (AvgIpc) is 2.17. The van der Waals surface area contributed by atoms with Crippen molar-refractivity contribution >= 4 is 5.97 Å². The fraction of sp³-hybridized carbons (Fsp3) is 0.300. The summed E-state index contributed by atoms with van der Waals surface area (Å²) in [6, 6.07) is 6.67. The summed E-state index contributed by atoms with van der Waals surface area (Å²) in [6.07, 6.45) is -1.68. The van der Waals surface area contributed by atoms with Gasteiger partial charge in [-0.1, -0.05) is 29.8 Å². The van der Waals surface area contributed by atoms with E-state index in [0.717, 1.165) is 5.56 Å². The van der Waals surface area contributed by atoms with Crippen LogP contribution in [0.25, 0.3) is 0 Å². The lowest BCUT2D eigenvalue weighted by molar-refractivity contribution is -0.146. The highest BCUT2D eigenvalue weighted by Crippen LogP contribution is 2.18. The highest BCUT2D eigenvalue weighted by molar-refractivity contribution is 5.76. The van der Waals surface area contributed by atoms with Gasteiger partial charge in [0.05, 0.1) is 7.11 Å². The molecule has 0 saturated carbocycles. The van der Waals surface area contributed by atoms with Gasteiger partial charge in [-0.3, -0.25) is 0 Å². The van der Waals surface area contributed by atoms with E-state index in [4.69, 9.17) is 0 Å². The monoisotopic (exact) mass is 182 g/mol. The van der Waals surface area contributed by atoms with E-state index >= 15 is 0 Å². The molecule has 0 saturated heterocycles. The van der Waals surface area contributed by atoms with Gasteiger partial charge in [-0.05, 0) is 12.5 Å². The standard InChI is InChI=1S/C10H11FO2/c1-7-3-5-8(6-4-7)9(11)10(12)13-2/h3-6,9H,1-2H3. The van der Waals surface area contributed by atoms with Crippen LogP contribution in [0.3, 0.4) is 0 Å². The molecule has 13 heavy (non-hydrogen) atoms. The summed E-state index contributed by atoms with van der Waals surface area (Å²) in [5, 5.41) is 0. The fourth-order valence-corrected chi connectivity index (χ4v) is 0.975. The van der Waals surface area contributed by atoms with E-state index in [1.165, 1.54) is 7.11 Å². The van der Waals surface area contributed by atoms with Gasteiger partial charge in [0.15, 0.2) is 0 Å². The second-order valence-corrected chi connectivity index (χ2v) is 2.80. The Morgan fingerprint density at radius 1 is 1.38 bits per heavy atom. The molecule has 1 unspecified atom stereocenters. The minimum absolute atomic E-state index is 0.331. The Balaban J connectivity index is 2.83. The van der Waals surface area contributed by atoms with Gasteiger partial charge in [0, 0.05) is 0 Å². The molecule has 0 heterocycles. The van der Waals surface area contributed by atoms with Crippen LogP contribution in [0.1, 0.15) is 17.3 Å². The van der Waals surface area contributed by atoms with Crippen molar-refractivity contribution in [2.45, 2.75) is 13.1 Å². The van der Waals surface area contributed by atoms with Crippen molar-refractivity contribution in [1.29, 1.82) is 0 Å². The zero-order valence-corrected chi connectivity index (χ0v) is 7.58. The van der Waals surface area contributed by atoms with Crippen LogP contribution in [0.2, 0.25) is 0 Å². The van der Waals surface area contributed by atoms with Gasteiger partial charge in [0.1, 0.15) is 0 Å². The van der Waals surface area contributed by atoms with Gasteiger partial charge in [-0.2, -0.15) is 0 Å². The predicted molar refractivity (Wildman–Crippen MR) is 47.0 cm³/mol. The van der Waals surface area contributed by atoms with Crippen LogP contribution in [0, 0.1) is 6.92 Å². The summed E-state index contributed by atoms with van der Waals surface area (Å²) in [5.41, 5.74) is 1.36. The van der Waals surface area contributed by atoms with Crippen LogP contribution in [0.4, 0.5) is 4.39 Å². The third-order valence-corrected chi connectivity index (χ3v) is 1.78. The molecule has 70 valence electrons. The molecule has 0 amide bonds. The minimum atomic E-state index is -1.68. The summed E-state index contributed by atoms with van der Waals surface area (Å²) < 4.78 is 17.5. The molecule has 1 aromatic rings. The van der Waals surface area contributed by atoms with E-state index in [1.54, 1.807) is 24.3 Å². The number of methoxy groups -OCH3 is 1. The fourth-order valence-electron chi connectivity index (χ4n) is 0.975. The Morgan fingerprint density at radius 3 is 2.38 bits per heavy atom. The zero-order valence-electron chi connectivity index (χ0n) is 7.58. The highest BCUT2D eigenvalue weighted by Gasteiger charge is 2.19. The number of ether oxygens (including phenoxy) is 1. The van der Waals surface area contributed by atoms with Crippen LogP contribution in [0.5, 0.6) is 0 Å². The number of carbonyl (C=O) groups excluding carboxylic acids is 1. The quantitative estimate of drug-likeness (QED) is 0.655. The Morgan fingerprint density at radius 2 is 1.92 bits per heavy atom. The van der Waals surface area contributed by atoms with Gasteiger partial charge < -0.3 is 4.74 Å². The number of hydrogen-bond acceptors (Lipinski definition) is 2. The first-order valence-corrected chi connectivity index (χ1v) is 3.93. The SMILES string of the molecule is COC(=O)C(F)c1ccc(C)cc1. The van der Waals surface area contributed by atoms with E-state index in [1.807, 2.05) is 6.92 Å². The second-order valence-electron chi connectivity index (χ2n) is 2.80. The van der Waals surface area contributed by atoms with Crippen molar-refractivity contribution in [3.63, 3.8) is 0 Å². The molecule has 2 nitrogen and oxygen atoms in total. The molecule has 1 atom stereocenters. The zero-order chi connectivity index (χ0) is 9.84. The maximum Gasteiger partial charge on any atom is 0.345 e. The van der Waals surface area contributed by atoms with Crippen LogP contribution in [0.15, 0.2) is 24.3 Å². The van der Waals surface area contributed by atoms with Crippen molar-refractivity contribution in [3.05, 3.63) is 35.4 Å². The molecular weight excluding hydrogens is 171 g/mol. The van der Waals surface area contributed by atoms with E-state index in [2.05, 4.69) is 4.74 Å². The highest BCUT2D eigenvalue weighted by atomic mass is 19.1. The van der Waals surface area contributed by atoms with E-state index in [0.29, 0.717) is 5.56 Å². The lowest BCUT2D eigenvalue weighted by atomic mass is 10.1. The number of benzene rings is 1. The maximum atomic E-state index is 13.2. The second kappa shape index (κ2) is 4.03. The molecule has 0 aromatic heterocycles. The molecule has 0 aliphatic rings. The molecule has 0 aliphatic carbocycles. The Bertz CT molecular complexity index is 292. The number of carbonyl (C=O) groups is 1. The van der Waals surface area contributed by atoms with Crippen LogP contribution in [-0.4, -0.2) is 13.1 Å². The lowest BCUT2D eigenvalue weighted by Gasteiger charge is -2.05. The van der Waals surface area contributed by atoms with Crippen LogP contribution in [-0.2, 0) is 9.53 Å². The van der Waals surface area contributed by atoms with Gasteiger partial charge in [-0.25, -0.2) is 9.18 Å². The number of rotatable bonds is 2. The van der Waals surface area contributed by atoms with Crippen molar-refractivity contribution in [2.75, 3.05) is 7.11 Å². The van der Waals surface area contributed by atoms with Gasteiger partial charge in [0.2, 0.25) is 6.17 Å². The van der Waals surface area contributed by atoms with E-state index in [-0.39, 0.29) is 0 Å². The number of esters is 1. The molecule has 3 heteroatoms. The number of aryl methyl sites for hydroxylation is 1. The van der Waals surface area contributed by atoms with Crippen molar-refractivity contribution < 1.29 is 13.9 Å². The molecule has 1 rings (SSSR count). The van der Waals surface area contributed by atoms with Crippen LogP contribution < -0.4 is 0 Å². The summed E-state index contributed by atoms with van der Waals surface area (Å²) in [6.45, 7) is 1.90. The van der Waals surface area contributed by atoms with Crippen molar-refractivity contribution in [2.24, 2.45) is 0 Å². The van der Waals surface area contributed by atoms with Gasteiger partial charge in [-0.15, -0.1) is 0 Å². The third-order valence-electron chi connectivity index (χ3n) is 1.78. The first-order valence-electron chi connectivity index (χ1n) is 3.93. The molecule has 1 aromatic carbocycles. The van der Waals surface area contributed by atoms with E-state index < -0.39 is 12.1 Å². The minimum Gasteiger partial charge on any atom is -0.467 e. The predicted octanol–water partition coefficient (Wildman–Crippen LogP) is 2.18. The molecule has 0 radical (unpaired) electrons. The summed E-state index contributed by atoms with van der Waals surface area (Å²) >= 11 is 0. The molecule has 0 aliphatic heterocycles. The van der Waals surface area contributed by atoms with Crippen LogP contribution >= 0.6 is 0 Å². The lowest BCUT2D eigenvalue weighted by Crippen LogP contribution is -2.09. The summed E-state index contributed by atoms with van der Waals surface area (Å²) in [4.78, 5) is 10.8. The Hall–Kier alpha value is -1.38. The molecular formula is C10H11FO2.